The van der Waals surface area contributed by atoms with Crippen molar-refractivity contribution in [2.75, 3.05) is 51.8 Å². The normalized spacial score (nSPS) is 19.5. The van der Waals surface area contributed by atoms with Crippen molar-refractivity contribution in [2.24, 2.45) is 0 Å². The van der Waals surface area contributed by atoms with Crippen LogP contribution >= 0.6 is 11.6 Å². The lowest BCUT2D eigenvalue weighted by atomic mass is 10.1. The minimum absolute atomic E-state index is 0.0957. The summed E-state index contributed by atoms with van der Waals surface area (Å²) in [5, 5.41) is 0.731. The second-order valence-electron chi connectivity index (χ2n) is 8.02. The number of piperazine rings is 1. The molecule has 0 bridgehead atoms. The molecule has 4 rings (SSSR count). The van der Waals surface area contributed by atoms with E-state index < -0.39 is 0 Å². The van der Waals surface area contributed by atoms with Crippen LogP contribution in [0, 0.1) is 0 Å². The molecule has 1 atom stereocenters. The molecule has 2 aromatic rings. The quantitative estimate of drug-likeness (QED) is 0.596. The third kappa shape index (κ3) is 4.54. The highest BCUT2D eigenvalue weighted by Crippen LogP contribution is 2.29. The number of nitrogens with zero attached hydrogens (tertiary/aromatic N) is 3. The number of amides is 2. The fourth-order valence-corrected chi connectivity index (χ4v) is 4.70. The van der Waals surface area contributed by atoms with Crippen molar-refractivity contribution in [2.45, 2.75) is 18.9 Å². The zero-order chi connectivity index (χ0) is 22.7. The first kappa shape index (κ1) is 22.4. The molecular weight excluding hydrogens is 430 g/mol. The van der Waals surface area contributed by atoms with Gasteiger partial charge >= 0.3 is 0 Å². The molecule has 0 N–H and O–H groups in total. The van der Waals surface area contributed by atoms with Crippen molar-refractivity contribution < 1.29 is 19.1 Å². The maximum absolute atomic E-state index is 13.0. The number of anilines is 1. The molecule has 7 nitrogen and oxygen atoms in total. The van der Waals surface area contributed by atoms with Crippen LogP contribution in [0.2, 0.25) is 5.02 Å². The minimum atomic E-state index is -0.374. The lowest BCUT2D eigenvalue weighted by Gasteiger charge is -2.38. The van der Waals surface area contributed by atoms with E-state index in [1.165, 1.54) is 4.90 Å². The van der Waals surface area contributed by atoms with Gasteiger partial charge in [-0.15, -0.1) is 0 Å². The number of para-hydroxylation sites is 1. The third-order valence-corrected chi connectivity index (χ3v) is 6.56. The summed E-state index contributed by atoms with van der Waals surface area (Å²) < 4.78 is 10.6. The molecule has 0 aliphatic carbocycles. The molecular formula is C24H28ClN3O4. The Balaban J connectivity index is 1.35. The van der Waals surface area contributed by atoms with Gasteiger partial charge in [-0.3, -0.25) is 19.4 Å². The Morgan fingerprint density at radius 2 is 1.69 bits per heavy atom. The standard InChI is InChI=1S/C24H28ClN3O4/c1-31-21-8-7-17(15-22(21)32-2)9-10-28-23(29)16-20(24(28)30)27-13-11-26(12-14-27)19-6-4-3-5-18(19)25/h3-8,15,20H,9-14,16H2,1-2H3/t20-/m0/s1. The fraction of sp³-hybridized carbons (Fsp3) is 0.417. The smallest absolute Gasteiger partial charge is 0.247 e. The molecule has 0 aromatic heterocycles. The van der Waals surface area contributed by atoms with Crippen LogP contribution in [0.15, 0.2) is 42.5 Å². The van der Waals surface area contributed by atoms with E-state index in [4.69, 9.17) is 21.1 Å². The van der Waals surface area contributed by atoms with Gasteiger partial charge in [0.05, 0.1) is 37.4 Å². The van der Waals surface area contributed by atoms with Crippen molar-refractivity contribution in [1.82, 2.24) is 9.80 Å². The summed E-state index contributed by atoms with van der Waals surface area (Å²) in [5.74, 6) is 1.09. The topological polar surface area (TPSA) is 62.3 Å². The monoisotopic (exact) mass is 457 g/mol. The number of benzene rings is 2. The third-order valence-electron chi connectivity index (χ3n) is 6.24. The Morgan fingerprint density at radius 1 is 0.969 bits per heavy atom. The average molecular weight is 458 g/mol. The van der Waals surface area contributed by atoms with E-state index in [1.807, 2.05) is 42.5 Å². The predicted octanol–water partition coefficient (Wildman–Crippen LogP) is 2.85. The van der Waals surface area contributed by atoms with Crippen molar-refractivity contribution in [3.8, 4) is 11.5 Å². The Hall–Kier alpha value is -2.77. The molecule has 0 unspecified atom stereocenters. The minimum Gasteiger partial charge on any atom is -0.493 e. The molecule has 0 spiro atoms. The predicted molar refractivity (Wildman–Crippen MR) is 124 cm³/mol. The largest absolute Gasteiger partial charge is 0.493 e. The van der Waals surface area contributed by atoms with Crippen molar-refractivity contribution in [3.63, 3.8) is 0 Å². The molecule has 2 aliphatic rings. The highest BCUT2D eigenvalue weighted by Gasteiger charge is 2.42. The number of rotatable bonds is 7. The van der Waals surface area contributed by atoms with E-state index in [2.05, 4.69) is 9.80 Å². The van der Waals surface area contributed by atoms with E-state index in [1.54, 1.807) is 14.2 Å². The zero-order valence-corrected chi connectivity index (χ0v) is 19.2. The second kappa shape index (κ2) is 9.79. The number of likely N-dealkylation sites (tertiary alicyclic amines) is 1. The first-order valence-electron chi connectivity index (χ1n) is 10.8. The molecule has 170 valence electrons. The summed E-state index contributed by atoms with van der Waals surface area (Å²) in [5.41, 5.74) is 2.00. The molecule has 2 heterocycles. The molecule has 2 fully saturated rings. The van der Waals surface area contributed by atoms with E-state index in [-0.39, 0.29) is 24.3 Å². The van der Waals surface area contributed by atoms with Gasteiger partial charge in [0.1, 0.15) is 0 Å². The lowest BCUT2D eigenvalue weighted by Crippen LogP contribution is -2.52. The maximum Gasteiger partial charge on any atom is 0.247 e. The second-order valence-corrected chi connectivity index (χ2v) is 8.42. The first-order valence-corrected chi connectivity index (χ1v) is 11.2. The van der Waals surface area contributed by atoms with Crippen LogP contribution in [-0.2, 0) is 16.0 Å². The Morgan fingerprint density at radius 3 is 2.38 bits per heavy atom. The Bertz CT molecular complexity index is 991. The summed E-state index contributed by atoms with van der Waals surface area (Å²) in [4.78, 5) is 31.4. The molecule has 8 heteroatoms. The number of carbonyl (C=O) groups excluding carboxylic acids is 2. The number of imide groups is 1. The van der Waals surface area contributed by atoms with Crippen molar-refractivity contribution in [3.05, 3.63) is 53.1 Å². The van der Waals surface area contributed by atoms with E-state index >= 15 is 0 Å². The van der Waals surface area contributed by atoms with Crippen molar-refractivity contribution in [1.29, 1.82) is 0 Å². The number of carbonyl (C=O) groups is 2. The summed E-state index contributed by atoms with van der Waals surface area (Å²) in [6, 6.07) is 13.1. The van der Waals surface area contributed by atoms with Crippen LogP contribution in [-0.4, -0.2) is 74.6 Å². The molecule has 0 radical (unpaired) electrons. The maximum atomic E-state index is 13.0. The average Bonchev–Trinajstić information content (AvgIpc) is 3.11. The Labute approximate surface area is 193 Å². The Kier molecular flexibility index (Phi) is 6.86. The van der Waals surface area contributed by atoms with Gasteiger partial charge in [-0.1, -0.05) is 29.8 Å². The van der Waals surface area contributed by atoms with Crippen LogP contribution in [0.3, 0.4) is 0 Å². The zero-order valence-electron chi connectivity index (χ0n) is 18.4. The van der Waals surface area contributed by atoms with Gasteiger partial charge in [0, 0.05) is 32.7 Å². The van der Waals surface area contributed by atoms with Gasteiger partial charge < -0.3 is 14.4 Å². The molecule has 2 amide bonds. The fourth-order valence-electron chi connectivity index (χ4n) is 4.45. The van der Waals surface area contributed by atoms with Gasteiger partial charge in [0.15, 0.2) is 11.5 Å². The molecule has 2 aliphatic heterocycles. The highest BCUT2D eigenvalue weighted by molar-refractivity contribution is 6.33. The first-order chi connectivity index (χ1) is 15.5. The van der Waals surface area contributed by atoms with Crippen LogP contribution in [0.25, 0.3) is 0 Å². The number of ether oxygens (including phenoxy) is 2. The van der Waals surface area contributed by atoms with Gasteiger partial charge in [-0.05, 0) is 36.2 Å². The number of halogens is 1. The molecule has 2 saturated heterocycles. The van der Waals surface area contributed by atoms with Gasteiger partial charge in [-0.2, -0.15) is 0 Å². The van der Waals surface area contributed by atoms with Gasteiger partial charge in [-0.25, -0.2) is 0 Å². The number of hydrogen-bond donors (Lipinski definition) is 0. The van der Waals surface area contributed by atoms with E-state index in [0.29, 0.717) is 24.5 Å². The number of methoxy groups -OCH3 is 2. The summed E-state index contributed by atoms with van der Waals surface area (Å²) in [7, 11) is 3.18. The summed E-state index contributed by atoms with van der Waals surface area (Å²) in [6.45, 7) is 3.35. The van der Waals surface area contributed by atoms with E-state index in [9.17, 15) is 9.59 Å². The van der Waals surface area contributed by atoms with Crippen LogP contribution < -0.4 is 14.4 Å². The van der Waals surface area contributed by atoms with Crippen LogP contribution in [0.4, 0.5) is 5.69 Å². The highest BCUT2D eigenvalue weighted by atomic mass is 35.5. The SMILES string of the molecule is COc1ccc(CCN2C(=O)C[C@H](N3CCN(c4ccccc4Cl)CC3)C2=O)cc1OC. The van der Waals surface area contributed by atoms with Gasteiger partial charge in [0.2, 0.25) is 11.8 Å². The lowest BCUT2D eigenvalue weighted by molar-refractivity contribution is -0.139. The van der Waals surface area contributed by atoms with Crippen LogP contribution in [0.5, 0.6) is 11.5 Å². The van der Waals surface area contributed by atoms with Gasteiger partial charge in [0.25, 0.3) is 0 Å². The molecule has 0 saturated carbocycles. The summed E-state index contributed by atoms with van der Waals surface area (Å²) >= 11 is 6.33. The molecule has 32 heavy (non-hydrogen) atoms. The number of hydrogen-bond acceptors (Lipinski definition) is 6. The van der Waals surface area contributed by atoms with Crippen molar-refractivity contribution >= 4 is 29.1 Å². The van der Waals surface area contributed by atoms with E-state index in [0.717, 1.165) is 42.5 Å². The summed E-state index contributed by atoms with van der Waals surface area (Å²) in [6.07, 6.45) is 0.821. The van der Waals surface area contributed by atoms with Crippen LogP contribution in [0.1, 0.15) is 12.0 Å². The molecule has 2 aromatic carbocycles.